The van der Waals surface area contributed by atoms with Gasteiger partial charge in [-0.25, -0.2) is 0 Å². The Morgan fingerprint density at radius 1 is 1.33 bits per heavy atom. The van der Waals surface area contributed by atoms with E-state index in [1.165, 1.54) is 0 Å². The monoisotopic (exact) mass is 286 g/mol. The summed E-state index contributed by atoms with van der Waals surface area (Å²) in [4.78, 5) is 11.4. The molecule has 3 nitrogen and oxygen atoms in total. The highest BCUT2D eigenvalue weighted by molar-refractivity contribution is 8.00. The SMILES string of the molecule is CC(C)(C)CC(N)CC(=O)NCCSC(F)(F)F. The molecule has 108 valence electrons. The maximum Gasteiger partial charge on any atom is 0.441 e. The molecule has 0 saturated carbocycles. The van der Waals surface area contributed by atoms with E-state index in [4.69, 9.17) is 5.73 Å². The number of alkyl halides is 3. The van der Waals surface area contributed by atoms with Crippen molar-refractivity contribution in [1.82, 2.24) is 5.32 Å². The Bertz CT molecular complexity index is 264. The van der Waals surface area contributed by atoms with Gasteiger partial charge in [0.1, 0.15) is 0 Å². The molecule has 0 fully saturated rings. The van der Waals surface area contributed by atoms with Crippen LogP contribution in [0.4, 0.5) is 13.2 Å². The van der Waals surface area contributed by atoms with E-state index in [0.717, 1.165) is 0 Å². The highest BCUT2D eigenvalue weighted by Crippen LogP contribution is 2.29. The minimum Gasteiger partial charge on any atom is -0.355 e. The molecule has 18 heavy (non-hydrogen) atoms. The zero-order valence-electron chi connectivity index (χ0n) is 10.9. The van der Waals surface area contributed by atoms with Crippen LogP contribution in [0, 0.1) is 5.41 Å². The summed E-state index contributed by atoms with van der Waals surface area (Å²) in [6.07, 6.45) is 0.839. The summed E-state index contributed by atoms with van der Waals surface area (Å²) < 4.78 is 35.4. The van der Waals surface area contributed by atoms with E-state index in [2.05, 4.69) is 5.32 Å². The number of carbonyl (C=O) groups excluding carboxylic acids is 1. The van der Waals surface area contributed by atoms with Crippen LogP contribution in [0.15, 0.2) is 0 Å². The van der Waals surface area contributed by atoms with E-state index < -0.39 is 5.51 Å². The first kappa shape index (κ1) is 17.6. The number of carbonyl (C=O) groups is 1. The average Bonchev–Trinajstić information content (AvgIpc) is 2.07. The Kier molecular flexibility index (Phi) is 7.06. The second kappa shape index (κ2) is 7.23. The number of amides is 1. The second-order valence-electron chi connectivity index (χ2n) is 5.37. The first-order valence-electron chi connectivity index (χ1n) is 5.72. The minimum absolute atomic E-state index is 0.00521. The van der Waals surface area contributed by atoms with Crippen LogP contribution in [0.3, 0.4) is 0 Å². The van der Waals surface area contributed by atoms with Crippen LogP contribution >= 0.6 is 11.8 Å². The molecule has 0 aromatic heterocycles. The molecule has 0 heterocycles. The predicted octanol–water partition coefficient (Wildman–Crippen LogP) is 2.51. The largest absolute Gasteiger partial charge is 0.441 e. The van der Waals surface area contributed by atoms with E-state index in [0.29, 0.717) is 6.42 Å². The zero-order valence-corrected chi connectivity index (χ0v) is 11.8. The first-order valence-corrected chi connectivity index (χ1v) is 6.71. The van der Waals surface area contributed by atoms with Gasteiger partial charge in [-0.3, -0.25) is 4.79 Å². The van der Waals surface area contributed by atoms with Gasteiger partial charge < -0.3 is 11.1 Å². The third-order valence-corrected chi connectivity index (χ3v) is 2.75. The molecule has 0 rings (SSSR count). The molecular weight excluding hydrogens is 265 g/mol. The summed E-state index contributed by atoms with van der Waals surface area (Å²) in [5.41, 5.74) is 1.58. The van der Waals surface area contributed by atoms with Crippen LogP contribution < -0.4 is 11.1 Å². The molecule has 3 N–H and O–H groups in total. The lowest BCUT2D eigenvalue weighted by Gasteiger charge is -2.22. The van der Waals surface area contributed by atoms with E-state index in [1.807, 2.05) is 20.8 Å². The maximum absolute atomic E-state index is 11.8. The summed E-state index contributed by atoms with van der Waals surface area (Å²) >= 11 is -0.142. The number of hydrogen-bond acceptors (Lipinski definition) is 3. The van der Waals surface area contributed by atoms with Crippen molar-refractivity contribution in [3.63, 3.8) is 0 Å². The lowest BCUT2D eigenvalue weighted by Crippen LogP contribution is -2.35. The second-order valence-corrected chi connectivity index (χ2v) is 6.53. The van der Waals surface area contributed by atoms with Crippen molar-refractivity contribution >= 4 is 17.7 Å². The van der Waals surface area contributed by atoms with Crippen molar-refractivity contribution in [3.8, 4) is 0 Å². The molecule has 0 aliphatic rings. The molecule has 0 bridgehead atoms. The van der Waals surface area contributed by atoms with Gasteiger partial charge >= 0.3 is 5.51 Å². The van der Waals surface area contributed by atoms with E-state index in [-0.39, 0.29) is 47.8 Å². The lowest BCUT2D eigenvalue weighted by molar-refractivity contribution is -0.121. The minimum atomic E-state index is -4.24. The third-order valence-electron chi connectivity index (χ3n) is 2.01. The summed E-state index contributed by atoms with van der Waals surface area (Å²) in [6, 6.07) is -0.264. The fraction of sp³-hybridized carbons (Fsp3) is 0.909. The van der Waals surface area contributed by atoms with Crippen molar-refractivity contribution in [2.45, 2.75) is 45.2 Å². The molecule has 0 radical (unpaired) electrons. The predicted molar refractivity (Wildman–Crippen MR) is 68.2 cm³/mol. The quantitative estimate of drug-likeness (QED) is 0.738. The Morgan fingerprint density at radius 3 is 2.33 bits per heavy atom. The Hall–Kier alpha value is -0.430. The Labute approximate surface area is 110 Å². The van der Waals surface area contributed by atoms with Gasteiger partial charge in [-0.1, -0.05) is 20.8 Å². The highest BCUT2D eigenvalue weighted by atomic mass is 32.2. The number of nitrogens with one attached hydrogen (secondary N) is 1. The number of hydrogen-bond donors (Lipinski definition) is 2. The molecule has 0 spiro atoms. The molecule has 0 aliphatic heterocycles. The zero-order chi connectivity index (χ0) is 14.4. The smallest absolute Gasteiger partial charge is 0.355 e. The van der Waals surface area contributed by atoms with E-state index in [9.17, 15) is 18.0 Å². The van der Waals surface area contributed by atoms with Crippen LogP contribution in [0.2, 0.25) is 0 Å². The van der Waals surface area contributed by atoms with Gasteiger partial charge in [0.05, 0.1) is 0 Å². The average molecular weight is 286 g/mol. The van der Waals surface area contributed by atoms with Crippen LogP contribution in [0.1, 0.15) is 33.6 Å². The lowest BCUT2D eigenvalue weighted by atomic mass is 9.87. The summed E-state index contributed by atoms with van der Waals surface area (Å²) in [5.74, 6) is -0.474. The molecule has 0 aromatic rings. The fourth-order valence-corrected chi connectivity index (χ4v) is 1.96. The molecule has 0 aromatic carbocycles. The third kappa shape index (κ3) is 12.0. The highest BCUT2D eigenvalue weighted by Gasteiger charge is 2.27. The topological polar surface area (TPSA) is 55.1 Å². The van der Waals surface area contributed by atoms with Gasteiger partial charge in [0, 0.05) is 24.8 Å². The fourth-order valence-electron chi connectivity index (χ4n) is 1.53. The Morgan fingerprint density at radius 2 is 1.89 bits per heavy atom. The number of thioether (sulfide) groups is 1. The number of rotatable bonds is 6. The van der Waals surface area contributed by atoms with Gasteiger partial charge in [-0.2, -0.15) is 13.2 Å². The molecule has 1 amide bonds. The van der Waals surface area contributed by atoms with E-state index in [1.54, 1.807) is 0 Å². The van der Waals surface area contributed by atoms with Crippen LogP contribution in [0.5, 0.6) is 0 Å². The molecule has 0 saturated heterocycles. The van der Waals surface area contributed by atoms with Crippen LogP contribution in [-0.4, -0.2) is 29.8 Å². The number of nitrogens with two attached hydrogens (primary N) is 1. The molecule has 0 aliphatic carbocycles. The van der Waals surface area contributed by atoms with Crippen LogP contribution in [-0.2, 0) is 4.79 Å². The summed E-state index contributed by atoms with van der Waals surface area (Å²) in [5, 5.41) is 2.43. The van der Waals surface area contributed by atoms with Gasteiger partial charge in [0.25, 0.3) is 0 Å². The maximum atomic E-state index is 11.8. The first-order chi connectivity index (χ1) is 7.99. The summed E-state index contributed by atoms with van der Waals surface area (Å²) in [6.45, 7) is 6.06. The van der Waals surface area contributed by atoms with Crippen molar-refractivity contribution in [2.75, 3.05) is 12.3 Å². The standard InChI is InChI=1S/C11H21F3N2OS/c1-10(2,3)7-8(15)6-9(17)16-4-5-18-11(12,13)14/h8H,4-7,15H2,1-3H3,(H,16,17). The van der Waals surface area contributed by atoms with Crippen molar-refractivity contribution in [2.24, 2.45) is 11.1 Å². The van der Waals surface area contributed by atoms with E-state index >= 15 is 0 Å². The molecule has 7 heteroatoms. The Balaban J connectivity index is 3.72. The van der Waals surface area contributed by atoms with Crippen molar-refractivity contribution < 1.29 is 18.0 Å². The number of halogens is 3. The van der Waals surface area contributed by atoms with Crippen LogP contribution in [0.25, 0.3) is 0 Å². The molecular formula is C11H21F3N2OS. The van der Waals surface area contributed by atoms with Gasteiger partial charge in [0.15, 0.2) is 0 Å². The molecule has 1 unspecified atom stereocenters. The van der Waals surface area contributed by atoms with Gasteiger partial charge in [0.2, 0.25) is 5.91 Å². The van der Waals surface area contributed by atoms with Gasteiger partial charge in [-0.15, -0.1) is 0 Å². The van der Waals surface area contributed by atoms with Gasteiger partial charge in [-0.05, 0) is 23.6 Å². The summed E-state index contributed by atoms with van der Waals surface area (Å²) in [7, 11) is 0. The molecule has 1 atom stereocenters. The van der Waals surface area contributed by atoms with Crippen molar-refractivity contribution in [3.05, 3.63) is 0 Å². The van der Waals surface area contributed by atoms with Crippen molar-refractivity contribution in [1.29, 1.82) is 0 Å². The normalized spacial score (nSPS) is 14.4.